The Labute approximate surface area is 102 Å². The van der Waals surface area contributed by atoms with Crippen LogP contribution < -0.4 is 4.90 Å². The number of hydrogen-bond donors (Lipinski definition) is 1. The molecule has 5 heteroatoms. The molecule has 1 N–H and O–H groups in total. The molecule has 0 bridgehead atoms. The number of aromatic nitrogens is 1. The van der Waals surface area contributed by atoms with Crippen molar-refractivity contribution >= 4 is 11.8 Å². The maximum Gasteiger partial charge on any atom is 0.337 e. The summed E-state index contributed by atoms with van der Waals surface area (Å²) in [6, 6.07) is 3.35. The van der Waals surface area contributed by atoms with E-state index in [2.05, 4.69) is 9.88 Å². The van der Waals surface area contributed by atoms with E-state index in [1.807, 2.05) is 26.0 Å². The number of aryl methyl sites for hydroxylation is 1. The summed E-state index contributed by atoms with van der Waals surface area (Å²) in [5, 5.41) is 8.91. The lowest BCUT2D eigenvalue weighted by atomic mass is 10.2. The van der Waals surface area contributed by atoms with Gasteiger partial charge in [0, 0.05) is 20.1 Å². The maximum atomic E-state index is 10.9. The Morgan fingerprint density at radius 1 is 1.29 bits per heavy atom. The van der Waals surface area contributed by atoms with E-state index >= 15 is 0 Å². The lowest BCUT2D eigenvalue weighted by Gasteiger charge is -2.21. The highest BCUT2D eigenvalue weighted by atomic mass is 16.4. The summed E-state index contributed by atoms with van der Waals surface area (Å²) >= 11 is 0. The standard InChI is InChI=1S/C12H19N3O2/c1-9-10(12(16)17)5-6-11(13-9)15(4)8-7-14(2)3/h5-6H,7-8H2,1-4H3,(H,16,17). The van der Waals surface area contributed by atoms with Gasteiger partial charge in [0.2, 0.25) is 0 Å². The average Bonchev–Trinajstić information content (AvgIpc) is 2.25. The van der Waals surface area contributed by atoms with Gasteiger partial charge in [0.15, 0.2) is 0 Å². The van der Waals surface area contributed by atoms with Gasteiger partial charge < -0.3 is 14.9 Å². The van der Waals surface area contributed by atoms with Gasteiger partial charge in [-0.05, 0) is 33.2 Å². The molecule has 0 spiro atoms. The second-order valence-corrected chi connectivity index (χ2v) is 4.33. The number of nitrogens with zero attached hydrogens (tertiary/aromatic N) is 3. The first-order chi connectivity index (χ1) is 7.91. The van der Waals surface area contributed by atoms with Crippen LogP contribution in [-0.4, -0.2) is 55.2 Å². The second kappa shape index (κ2) is 5.63. The van der Waals surface area contributed by atoms with Crippen LogP contribution in [0, 0.1) is 6.92 Å². The van der Waals surface area contributed by atoms with Gasteiger partial charge in [0.25, 0.3) is 0 Å². The molecular formula is C12H19N3O2. The first-order valence-corrected chi connectivity index (χ1v) is 5.48. The summed E-state index contributed by atoms with van der Waals surface area (Å²) in [7, 11) is 5.98. The molecule has 5 nitrogen and oxygen atoms in total. The Kier molecular flexibility index (Phi) is 4.45. The Hall–Kier alpha value is -1.62. The number of aromatic carboxylic acids is 1. The SMILES string of the molecule is Cc1nc(N(C)CCN(C)C)ccc1C(=O)O. The molecule has 0 aromatic carbocycles. The molecule has 0 saturated carbocycles. The van der Waals surface area contributed by atoms with E-state index in [0.29, 0.717) is 5.69 Å². The predicted molar refractivity (Wildman–Crippen MR) is 67.8 cm³/mol. The van der Waals surface area contributed by atoms with E-state index in [1.54, 1.807) is 19.1 Å². The molecule has 0 aliphatic rings. The van der Waals surface area contributed by atoms with Crippen molar-refractivity contribution in [2.45, 2.75) is 6.92 Å². The molecule has 0 atom stereocenters. The van der Waals surface area contributed by atoms with Crippen molar-refractivity contribution in [3.05, 3.63) is 23.4 Å². The number of carbonyl (C=O) groups is 1. The van der Waals surface area contributed by atoms with Crippen molar-refractivity contribution in [3.8, 4) is 0 Å². The molecular weight excluding hydrogens is 218 g/mol. The Balaban J connectivity index is 2.79. The van der Waals surface area contributed by atoms with E-state index in [4.69, 9.17) is 5.11 Å². The van der Waals surface area contributed by atoms with E-state index < -0.39 is 5.97 Å². The number of hydrogen-bond acceptors (Lipinski definition) is 4. The van der Waals surface area contributed by atoms with Crippen LogP contribution in [0.2, 0.25) is 0 Å². The lowest BCUT2D eigenvalue weighted by Crippen LogP contribution is -2.29. The summed E-state index contributed by atoms with van der Waals surface area (Å²) in [4.78, 5) is 19.3. The van der Waals surface area contributed by atoms with E-state index in [-0.39, 0.29) is 5.56 Å². The third-order valence-corrected chi connectivity index (χ3v) is 2.58. The molecule has 0 aliphatic heterocycles. The summed E-state index contributed by atoms with van der Waals surface area (Å²) in [6.45, 7) is 3.50. The quantitative estimate of drug-likeness (QED) is 0.830. The Morgan fingerprint density at radius 2 is 1.94 bits per heavy atom. The maximum absolute atomic E-state index is 10.9. The van der Waals surface area contributed by atoms with Gasteiger partial charge in [-0.25, -0.2) is 9.78 Å². The molecule has 0 aliphatic carbocycles. The van der Waals surface area contributed by atoms with Gasteiger partial charge in [-0.15, -0.1) is 0 Å². The minimum atomic E-state index is -0.933. The first-order valence-electron chi connectivity index (χ1n) is 5.48. The molecule has 0 saturated heterocycles. The number of carboxylic acids is 1. The number of anilines is 1. The largest absolute Gasteiger partial charge is 0.478 e. The first kappa shape index (κ1) is 13.4. The topological polar surface area (TPSA) is 56.7 Å². The summed E-state index contributed by atoms with van der Waals surface area (Å²) in [5.74, 6) is -0.133. The second-order valence-electron chi connectivity index (χ2n) is 4.33. The monoisotopic (exact) mass is 237 g/mol. The van der Waals surface area contributed by atoms with Crippen LogP contribution in [0.4, 0.5) is 5.82 Å². The predicted octanol–water partition coefficient (Wildman–Crippen LogP) is 1.09. The molecule has 0 fully saturated rings. The smallest absolute Gasteiger partial charge is 0.337 e. The number of carboxylic acid groups (broad SMARTS) is 1. The molecule has 1 aromatic rings. The van der Waals surface area contributed by atoms with E-state index in [9.17, 15) is 4.79 Å². The average molecular weight is 237 g/mol. The van der Waals surface area contributed by atoms with Crippen molar-refractivity contribution in [2.24, 2.45) is 0 Å². The van der Waals surface area contributed by atoms with Crippen LogP contribution in [0.5, 0.6) is 0 Å². The molecule has 1 heterocycles. The molecule has 1 rings (SSSR count). The fraction of sp³-hybridized carbons (Fsp3) is 0.500. The zero-order valence-electron chi connectivity index (χ0n) is 10.8. The van der Waals surface area contributed by atoms with Crippen molar-refractivity contribution in [2.75, 3.05) is 39.1 Å². The zero-order valence-corrected chi connectivity index (χ0v) is 10.8. The fourth-order valence-corrected chi connectivity index (χ4v) is 1.45. The summed E-state index contributed by atoms with van der Waals surface area (Å²) < 4.78 is 0. The minimum absolute atomic E-state index is 0.259. The van der Waals surface area contributed by atoms with Crippen LogP contribution in [0.25, 0.3) is 0 Å². The van der Waals surface area contributed by atoms with Gasteiger partial charge in [0.1, 0.15) is 5.82 Å². The summed E-state index contributed by atoms with van der Waals surface area (Å²) in [6.07, 6.45) is 0. The number of pyridine rings is 1. The van der Waals surface area contributed by atoms with Crippen molar-refractivity contribution in [3.63, 3.8) is 0 Å². The molecule has 17 heavy (non-hydrogen) atoms. The van der Waals surface area contributed by atoms with E-state index in [0.717, 1.165) is 18.9 Å². The molecule has 1 aromatic heterocycles. The zero-order chi connectivity index (χ0) is 13.0. The van der Waals surface area contributed by atoms with Gasteiger partial charge in [-0.1, -0.05) is 0 Å². The van der Waals surface area contributed by atoms with Crippen LogP contribution in [0.1, 0.15) is 16.1 Å². The van der Waals surface area contributed by atoms with Gasteiger partial charge >= 0.3 is 5.97 Å². The number of rotatable bonds is 5. The minimum Gasteiger partial charge on any atom is -0.478 e. The van der Waals surface area contributed by atoms with Crippen LogP contribution >= 0.6 is 0 Å². The van der Waals surface area contributed by atoms with Gasteiger partial charge in [0.05, 0.1) is 11.3 Å². The molecule has 0 unspecified atom stereocenters. The Morgan fingerprint density at radius 3 is 2.41 bits per heavy atom. The third kappa shape index (κ3) is 3.71. The van der Waals surface area contributed by atoms with Gasteiger partial charge in [-0.2, -0.15) is 0 Å². The molecule has 0 amide bonds. The van der Waals surface area contributed by atoms with E-state index in [1.165, 1.54) is 0 Å². The Bertz CT molecular complexity index is 405. The third-order valence-electron chi connectivity index (χ3n) is 2.58. The number of likely N-dealkylation sites (N-methyl/N-ethyl adjacent to an activating group) is 2. The highest BCUT2D eigenvalue weighted by Gasteiger charge is 2.10. The van der Waals surface area contributed by atoms with Crippen LogP contribution in [-0.2, 0) is 0 Å². The highest BCUT2D eigenvalue weighted by Crippen LogP contribution is 2.13. The molecule has 0 radical (unpaired) electrons. The van der Waals surface area contributed by atoms with Crippen molar-refractivity contribution in [1.29, 1.82) is 0 Å². The van der Waals surface area contributed by atoms with Crippen molar-refractivity contribution in [1.82, 2.24) is 9.88 Å². The van der Waals surface area contributed by atoms with Crippen LogP contribution in [0.3, 0.4) is 0 Å². The van der Waals surface area contributed by atoms with Crippen molar-refractivity contribution < 1.29 is 9.90 Å². The van der Waals surface area contributed by atoms with Crippen LogP contribution in [0.15, 0.2) is 12.1 Å². The normalized spacial score (nSPS) is 10.6. The summed E-state index contributed by atoms with van der Waals surface area (Å²) in [5.41, 5.74) is 0.807. The fourth-order valence-electron chi connectivity index (χ4n) is 1.45. The van der Waals surface area contributed by atoms with Gasteiger partial charge in [-0.3, -0.25) is 0 Å². The lowest BCUT2D eigenvalue weighted by molar-refractivity contribution is 0.0695. The highest BCUT2D eigenvalue weighted by molar-refractivity contribution is 5.89. The molecule has 94 valence electrons.